The third-order valence-electron chi connectivity index (χ3n) is 9.52. The number of para-hydroxylation sites is 1. The molecule has 0 atom stereocenters. The van der Waals surface area contributed by atoms with E-state index in [0.29, 0.717) is 22.3 Å². The summed E-state index contributed by atoms with van der Waals surface area (Å²) in [6.45, 7) is 4.96. The van der Waals surface area contributed by atoms with Crippen LogP contribution in [0.25, 0.3) is 55.4 Å². The van der Waals surface area contributed by atoms with E-state index in [0.717, 1.165) is 39.1 Å². The Hall–Kier alpha value is -4.15. The van der Waals surface area contributed by atoms with Crippen molar-refractivity contribution in [2.45, 2.75) is 51.7 Å². The Morgan fingerprint density at radius 3 is 2.31 bits per heavy atom. The molecule has 7 aromatic rings. The van der Waals surface area contributed by atoms with Crippen LogP contribution in [-0.4, -0.2) is 22.6 Å². The summed E-state index contributed by atoms with van der Waals surface area (Å²) in [5.74, 6) is 0.880. The minimum atomic E-state index is -2.32. The summed E-state index contributed by atoms with van der Waals surface area (Å²) in [5, 5.41) is 3.34. The summed E-state index contributed by atoms with van der Waals surface area (Å²) in [5.41, 5.74) is 8.55. The molecule has 0 aliphatic heterocycles. The molecular weight excluding hydrogens is 791 g/mol. The average molecular weight is 837 g/mol. The van der Waals surface area contributed by atoms with Gasteiger partial charge in [-0.3, -0.25) is 0 Å². The zero-order valence-electron chi connectivity index (χ0n) is 31.3. The summed E-state index contributed by atoms with van der Waals surface area (Å²) in [6, 6.07) is 42.4. The Kier molecular flexibility index (Phi) is 9.56. The van der Waals surface area contributed by atoms with Crippen LogP contribution in [0.3, 0.4) is 0 Å². The molecule has 5 heteroatoms. The van der Waals surface area contributed by atoms with Crippen molar-refractivity contribution in [3.8, 4) is 33.6 Å². The molecule has 3 nitrogen and oxygen atoms in total. The van der Waals surface area contributed by atoms with Crippen molar-refractivity contribution >= 4 is 35.1 Å². The van der Waals surface area contributed by atoms with Crippen LogP contribution in [0.2, 0.25) is 19.6 Å². The molecule has 0 unspecified atom stereocenters. The maximum Gasteiger partial charge on any atom is 0.0798 e. The van der Waals surface area contributed by atoms with Gasteiger partial charge in [0.25, 0.3) is 0 Å². The second-order valence-corrected chi connectivity index (χ2v) is 18.9. The normalized spacial score (nSPS) is 14.4. The van der Waals surface area contributed by atoms with E-state index >= 15 is 0 Å². The van der Waals surface area contributed by atoms with Gasteiger partial charge in [-0.1, -0.05) is 117 Å². The number of fused-ring (bicyclic) bond motifs is 3. The quantitative estimate of drug-likeness (QED) is 0.123. The Bertz CT molecular complexity index is 2270. The van der Waals surface area contributed by atoms with Crippen molar-refractivity contribution in [1.29, 1.82) is 0 Å². The van der Waals surface area contributed by atoms with Crippen LogP contribution >= 0.6 is 0 Å². The molecule has 1 aliphatic rings. The van der Waals surface area contributed by atoms with E-state index in [1.807, 2.05) is 91.0 Å². The zero-order valence-corrected chi connectivity index (χ0v) is 31.7. The fourth-order valence-electron chi connectivity index (χ4n) is 7.10. The number of hydrogen-bond donors (Lipinski definition) is 0. The summed E-state index contributed by atoms with van der Waals surface area (Å²) in [7, 11) is -1.35. The summed E-state index contributed by atoms with van der Waals surface area (Å²) < 4.78 is 25.9. The van der Waals surface area contributed by atoms with Gasteiger partial charge < -0.3 is 14.5 Å². The van der Waals surface area contributed by atoms with E-state index in [4.69, 9.17) is 9.10 Å². The molecule has 1 radical (unpaired) electrons. The molecule has 0 amide bonds. The van der Waals surface area contributed by atoms with Gasteiger partial charge in [-0.25, -0.2) is 0 Å². The molecule has 1 fully saturated rings. The monoisotopic (exact) mass is 837 g/mol. The third-order valence-corrected chi connectivity index (χ3v) is 11.6. The van der Waals surface area contributed by atoms with Crippen LogP contribution in [0.4, 0.5) is 0 Å². The van der Waals surface area contributed by atoms with Gasteiger partial charge in [0, 0.05) is 49.1 Å². The van der Waals surface area contributed by atoms with Gasteiger partial charge >= 0.3 is 0 Å². The Morgan fingerprint density at radius 2 is 1.55 bits per heavy atom. The van der Waals surface area contributed by atoms with Gasteiger partial charge in [0.1, 0.15) is 0 Å². The summed E-state index contributed by atoms with van der Waals surface area (Å²) in [6.07, 6.45) is 10.8. The van der Waals surface area contributed by atoms with Gasteiger partial charge in [-0.2, -0.15) is 0 Å². The molecule has 8 rings (SSSR count). The van der Waals surface area contributed by atoms with Gasteiger partial charge in [0.2, 0.25) is 0 Å². The Balaban J connectivity index is 0.000000182. The van der Waals surface area contributed by atoms with Crippen molar-refractivity contribution in [3.63, 3.8) is 0 Å². The van der Waals surface area contributed by atoms with Crippen LogP contribution in [0.5, 0.6) is 0 Å². The van der Waals surface area contributed by atoms with Crippen molar-refractivity contribution < 1.29 is 24.2 Å². The maximum atomic E-state index is 8.15. The van der Waals surface area contributed by atoms with Crippen LogP contribution in [-0.2, 0) is 33.5 Å². The fourth-order valence-corrected chi connectivity index (χ4v) is 8.69. The molecule has 0 saturated heterocycles. The molecule has 0 N–H and O–H groups in total. The van der Waals surface area contributed by atoms with E-state index in [-0.39, 0.29) is 20.1 Å². The van der Waals surface area contributed by atoms with E-state index in [2.05, 4.69) is 61.2 Å². The Morgan fingerprint density at radius 1 is 0.776 bits per heavy atom. The topological polar surface area (TPSA) is 30.7 Å². The van der Waals surface area contributed by atoms with E-state index < -0.39 is 15.0 Å². The van der Waals surface area contributed by atoms with Crippen LogP contribution in [0.1, 0.15) is 35.4 Å². The van der Waals surface area contributed by atoms with Gasteiger partial charge in [-0.05, 0) is 63.1 Å². The molecule has 49 heavy (non-hydrogen) atoms. The Labute approximate surface area is 310 Å². The zero-order chi connectivity index (χ0) is 35.6. The smallest absolute Gasteiger partial charge is 0.0798 e. The van der Waals surface area contributed by atoms with Crippen LogP contribution in [0, 0.1) is 18.1 Å². The standard InChI is InChI=1S/C24H17N2.C20H26NSi.Ir/c1-26-23-13-6-5-10-19(23)20-11-7-12-21(24(20)26)22-16-18(14-15-25-22)17-8-3-2-4-9-17;1-22(2,3)20-15-21-19(17-11-5-4-6-12-17)14-18(20)13-16-9-7-8-10-16;/h2-11,13-16H,1H3;4-6,11,14-16H,7-10,13H2,1-3H3;/q2*-1;/i1D3;;. The largest absolute Gasteiger partial charge is 0.383 e. The number of nitrogens with zero attached hydrogens (tertiary/aromatic N) is 3. The van der Waals surface area contributed by atoms with E-state index in [9.17, 15) is 0 Å². The molecule has 1 saturated carbocycles. The number of hydrogen-bond acceptors (Lipinski definition) is 2. The predicted molar refractivity (Wildman–Crippen MR) is 205 cm³/mol. The second kappa shape index (κ2) is 15.2. The van der Waals surface area contributed by atoms with Crippen LogP contribution in [0.15, 0.2) is 122 Å². The summed E-state index contributed by atoms with van der Waals surface area (Å²) in [4.78, 5) is 9.30. The number of rotatable bonds is 6. The summed E-state index contributed by atoms with van der Waals surface area (Å²) >= 11 is 0. The maximum absolute atomic E-state index is 8.15. The minimum Gasteiger partial charge on any atom is -0.383 e. The average Bonchev–Trinajstić information content (AvgIpc) is 3.78. The minimum absolute atomic E-state index is 0. The first kappa shape index (κ1) is 30.9. The van der Waals surface area contributed by atoms with Crippen molar-refractivity contribution in [3.05, 3.63) is 139 Å². The third kappa shape index (κ3) is 7.55. The first-order valence-corrected chi connectivity index (χ1v) is 20.5. The van der Waals surface area contributed by atoms with Crippen molar-refractivity contribution in [2.24, 2.45) is 12.9 Å². The molecule has 3 heterocycles. The number of benzene rings is 4. The van der Waals surface area contributed by atoms with E-state index in [1.165, 1.54) is 36.7 Å². The number of aryl methyl sites for hydroxylation is 1. The number of aromatic nitrogens is 3. The number of pyridine rings is 2. The van der Waals surface area contributed by atoms with E-state index in [1.54, 1.807) is 16.9 Å². The molecule has 249 valence electrons. The molecule has 0 bridgehead atoms. The molecular formula is C44H43IrN3Si-2. The first-order valence-electron chi connectivity index (χ1n) is 18.5. The molecule has 4 aromatic carbocycles. The molecule has 1 aliphatic carbocycles. The molecule has 3 aromatic heterocycles. The van der Waals surface area contributed by atoms with Gasteiger partial charge in [-0.15, -0.1) is 59.7 Å². The van der Waals surface area contributed by atoms with Crippen LogP contribution < -0.4 is 5.19 Å². The predicted octanol–water partition coefficient (Wildman–Crippen LogP) is 10.7. The second-order valence-electron chi connectivity index (χ2n) is 13.9. The first-order chi connectivity index (χ1) is 24.6. The van der Waals surface area contributed by atoms with Gasteiger partial charge in [0.15, 0.2) is 0 Å². The fraction of sp³-hybridized carbons (Fsp3) is 0.227. The molecule has 0 spiro atoms. The SMILES string of the molecule is C[Si](C)(C)c1cnc(-c2[c-]cccc2)cc1CC1CCCC1.[2H]C([2H])([2H])n1c2ccccc2c2cc[c-]c(-c3cc(-c4ccccc4)ccn3)c21.[Ir]. The van der Waals surface area contributed by atoms with Crippen molar-refractivity contribution in [2.75, 3.05) is 0 Å². The van der Waals surface area contributed by atoms with Gasteiger partial charge in [0.05, 0.1) is 8.07 Å². The van der Waals surface area contributed by atoms with Crippen molar-refractivity contribution in [1.82, 2.24) is 14.5 Å².